The number of thiophene rings is 1. The molecule has 1 N–H and O–H groups in total. The second kappa shape index (κ2) is 7.76. The van der Waals surface area contributed by atoms with Gasteiger partial charge in [-0.2, -0.15) is 0 Å². The Labute approximate surface area is 194 Å². The number of nitrogens with zero attached hydrogens (tertiary/aromatic N) is 1. The predicted octanol–water partition coefficient (Wildman–Crippen LogP) is 7.91. The van der Waals surface area contributed by atoms with E-state index in [2.05, 4.69) is 43.2 Å². The van der Waals surface area contributed by atoms with E-state index in [4.69, 9.17) is 16.0 Å². The van der Waals surface area contributed by atoms with E-state index >= 15 is 0 Å². The summed E-state index contributed by atoms with van der Waals surface area (Å²) in [6.07, 6.45) is 0. The standard InChI is InChI=1S/C26H21ClN2O2S/c1-26(2,3)16-10-8-15(9-11-16)25-29-19-14-17(12-13-20(19)31-25)28-24(30)23-22(27)18-6-4-5-7-21(18)32-23/h4-14H,1-3H3,(H,28,30). The van der Waals surface area contributed by atoms with Crippen LogP contribution in [0, 0.1) is 0 Å². The summed E-state index contributed by atoms with van der Waals surface area (Å²) in [5.41, 5.74) is 4.24. The lowest BCUT2D eigenvalue weighted by Crippen LogP contribution is -2.10. The number of carbonyl (C=O) groups excluding carboxylic acids is 1. The van der Waals surface area contributed by atoms with Crippen LogP contribution in [0.25, 0.3) is 32.6 Å². The number of rotatable bonds is 3. The fraction of sp³-hybridized carbons (Fsp3) is 0.154. The highest BCUT2D eigenvalue weighted by Crippen LogP contribution is 2.36. The molecule has 6 heteroatoms. The highest BCUT2D eigenvalue weighted by atomic mass is 35.5. The maximum Gasteiger partial charge on any atom is 0.267 e. The molecule has 32 heavy (non-hydrogen) atoms. The molecule has 0 aliphatic rings. The Bertz CT molecular complexity index is 1460. The molecule has 0 unspecified atom stereocenters. The molecule has 0 spiro atoms. The van der Waals surface area contributed by atoms with Crippen LogP contribution in [0.1, 0.15) is 36.0 Å². The molecular weight excluding hydrogens is 440 g/mol. The first-order chi connectivity index (χ1) is 15.3. The highest BCUT2D eigenvalue weighted by Gasteiger charge is 2.18. The first-order valence-electron chi connectivity index (χ1n) is 10.3. The van der Waals surface area contributed by atoms with Crippen molar-refractivity contribution in [3.05, 3.63) is 82.2 Å². The average Bonchev–Trinajstić information content (AvgIpc) is 3.34. The summed E-state index contributed by atoms with van der Waals surface area (Å²) in [5, 5.41) is 4.30. The van der Waals surface area contributed by atoms with Crippen LogP contribution in [0.15, 0.2) is 71.1 Å². The highest BCUT2D eigenvalue weighted by molar-refractivity contribution is 7.21. The molecular formula is C26H21ClN2O2S. The summed E-state index contributed by atoms with van der Waals surface area (Å²) in [7, 11) is 0. The van der Waals surface area contributed by atoms with E-state index in [9.17, 15) is 4.79 Å². The predicted molar refractivity (Wildman–Crippen MR) is 133 cm³/mol. The number of amides is 1. The van der Waals surface area contributed by atoms with Gasteiger partial charge >= 0.3 is 0 Å². The molecule has 3 aromatic carbocycles. The number of fused-ring (bicyclic) bond motifs is 2. The van der Waals surface area contributed by atoms with Crippen LogP contribution < -0.4 is 5.32 Å². The number of carbonyl (C=O) groups is 1. The first-order valence-corrected chi connectivity index (χ1v) is 11.5. The van der Waals surface area contributed by atoms with Crippen molar-refractivity contribution >= 4 is 55.7 Å². The quantitative estimate of drug-likeness (QED) is 0.297. The fourth-order valence-electron chi connectivity index (χ4n) is 3.59. The van der Waals surface area contributed by atoms with Gasteiger partial charge in [0.05, 0.1) is 5.02 Å². The van der Waals surface area contributed by atoms with E-state index in [1.807, 2.05) is 48.5 Å². The Morgan fingerprint density at radius 1 is 1.03 bits per heavy atom. The Hall–Kier alpha value is -3.15. The fourth-order valence-corrected chi connectivity index (χ4v) is 5.00. The molecule has 0 saturated carbocycles. The van der Waals surface area contributed by atoms with Gasteiger partial charge in [-0.15, -0.1) is 11.3 Å². The van der Waals surface area contributed by atoms with Crippen LogP contribution >= 0.6 is 22.9 Å². The number of halogens is 1. The second-order valence-corrected chi connectivity index (χ2v) is 10.2. The normalized spacial score (nSPS) is 11.9. The summed E-state index contributed by atoms with van der Waals surface area (Å²) in [4.78, 5) is 18.0. The smallest absolute Gasteiger partial charge is 0.267 e. The number of nitrogens with one attached hydrogen (secondary N) is 1. The van der Waals surface area contributed by atoms with Crippen molar-refractivity contribution in [3.63, 3.8) is 0 Å². The molecule has 160 valence electrons. The Kier molecular flexibility index (Phi) is 5.03. The summed E-state index contributed by atoms with van der Waals surface area (Å²) in [6.45, 7) is 6.55. The molecule has 1 amide bonds. The number of hydrogen-bond acceptors (Lipinski definition) is 4. The van der Waals surface area contributed by atoms with Crippen LogP contribution in [-0.4, -0.2) is 10.9 Å². The molecule has 5 aromatic rings. The van der Waals surface area contributed by atoms with E-state index in [1.54, 1.807) is 6.07 Å². The lowest BCUT2D eigenvalue weighted by Gasteiger charge is -2.18. The summed E-state index contributed by atoms with van der Waals surface area (Å²) in [5.74, 6) is 0.313. The largest absolute Gasteiger partial charge is 0.436 e. The van der Waals surface area contributed by atoms with Crippen molar-refractivity contribution in [3.8, 4) is 11.5 Å². The number of hydrogen-bond donors (Lipinski definition) is 1. The molecule has 0 bridgehead atoms. The molecule has 0 aliphatic heterocycles. The molecule has 0 saturated heterocycles. The monoisotopic (exact) mass is 460 g/mol. The van der Waals surface area contributed by atoms with Gasteiger partial charge in [-0.25, -0.2) is 4.98 Å². The molecule has 4 nitrogen and oxygen atoms in total. The topological polar surface area (TPSA) is 55.1 Å². The van der Waals surface area contributed by atoms with Crippen LogP contribution in [0.3, 0.4) is 0 Å². The van der Waals surface area contributed by atoms with E-state index < -0.39 is 0 Å². The van der Waals surface area contributed by atoms with E-state index in [0.717, 1.165) is 15.6 Å². The third-order valence-electron chi connectivity index (χ3n) is 5.38. The third-order valence-corrected chi connectivity index (χ3v) is 7.06. The lowest BCUT2D eigenvalue weighted by molar-refractivity contribution is 0.103. The number of oxazole rings is 1. The molecule has 0 aliphatic carbocycles. The van der Waals surface area contributed by atoms with E-state index in [1.165, 1.54) is 16.9 Å². The van der Waals surface area contributed by atoms with Gasteiger partial charge in [0.1, 0.15) is 10.4 Å². The van der Waals surface area contributed by atoms with Crippen molar-refractivity contribution in [1.82, 2.24) is 4.98 Å². The van der Waals surface area contributed by atoms with Gasteiger partial charge < -0.3 is 9.73 Å². The van der Waals surface area contributed by atoms with Gasteiger partial charge in [0.2, 0.25) is 5.89 Å². The second-order valence-electron chi connectivity index (χ2n) is 8.72. The summed E-state index contributed by atoms with van der Waals surface area (Å²) in [6, 6.07) is 21.4. The number of aromatic nitrogens is 1. The number of benzene rings is 3. The van der Waals surface area contributed by atoms with Crippen molar-refractivity contribution in [2.24, 2.45) is 0 Å². The van der Waals surface area contributed by atoms with Crippen molar-refractivity contribution < 1.29 is 9.21 Å². The maximum atomic E-state index is 12.9. The van der Waals surface area contributed by atoms with Crippen LogP contribution in [-0.2, 0) is 5.41 Å². The van der Waals surface area contributed by atoms with Gasteiger partial charge in [0, 0.05) is 21.3 Å². The minimum absolute atomic E-state index is 0.0876. The zero-order valence-corrected chi connectivity index (χ0v) is 19.5. The number of anilines is 1. The minimum atomic E-state index is -0.239. The molecule has 2 heterocycles. The Morgan fingerprint density at radius 3 is 2.50 bits per heavy atom. The Balaban J connectivity index is 1.41. The maximum absolute atomic E-state index is 12.9. The van der Waals surface area contributed by atoms with Crippen LogP contribution in [0.5, 0.6) is 0 Å². The van der Waals surface area contributed by atoms with Crippen LogP contribution in [0.4, 0.5) is 5.69 Å². The van der Waals surface area contributed by atoms with Gasteiger partial charge in [-0.1, -0.05) is 62.7 Å². The molecule has 0 fully saturated rings. The lowest BCUT2D eigenvalue weighted by atomic mass is 9.87. The zero-order chi connectivity index (χ0) is 22.5. The SMILES string of the molecule is CC(C)(C)c1ccc(-c2nc3cc(NC(=O)c4sc5ccccc5c4Cl)ccc3o2)cc1. The van der Waals surface area contributed by atoms with E-state index in [-0.39, 0.29) is 11.3 Å². The molecule has 5 rings (SSSR count). The van der Waals surface area contributed by atoms with Crippen molar-refractivity contribution in [1.29, 1.82) is 0 Å². The molecule has 2 aromatic heterocycles. The summed E-state index contributed by atoms with van der Waals surface area (Å²) >= 11 is 7.83. The van der Waals surface area contributed by atoms with Crippen molar-refractivity contribution in [2.75, 3.05) is 5.32 Å². The Morgan fingerprint density at radius 2 is 1.78 bits per heavy atom. The zero-order valence-electron chi connectivity index (χ0n) is 17.9. The van der Waals surface area contributed by atoms with Gasteiger partial charge in [0.15, 0.2) is 5.58 Å². The average molecular weight is 461 g/mol. The van der Waals surface area contributed by atoms with E-state index in [0.29, 0.717) is 32.6 Å². The minimum Gasteiger partial charge on any atom is -0.436 e. The first kappa shape index (κ1) is 20.7. The molecule has 0 radical (unpaired) electrons. The van der Waals surface area contributed by atoms with Crippen molar-refractivity contribution in [2.45, 2.75) is 26.2 Å². The van der Waals surface area contributed by atoms with Gasteiger partial charge in [0.25, 0.3) is 5.91 Å². The summed E-state index contributed by atoms with van der Waals surface area (Å²) < 4.78 is 6.92. The van der Waals surface area contributed by atoms with Gasteiger partial charge in [-0.3, -0.25) is 4.79 Å². The molecule has 0 atom stereocenters. The van der Waals surface area contributed by atoms with Gasteiger partial charge in [-0.05, 0) is 47.4 Å². The van der Waals surface area contributed by atoms with Crippen LogP contribution in [0.2, 0.25) is 5.02 Å². The third kappa shape index (κ3) is 3.78.